The van der Waals surface area contributed by atoms with E-state index in [0.717, 1.165) is 18.4 Å². The van der Waals surface area contributed by atoms with Gasteiger partial charge in [-0.2, -0.15) is 0 Å². The molecule has 2 aromatic carbocycles. The van der Waals surface area contributed by atoms with Crippen LogP contribution >= 0.6 is 0 Å². The summed E-state index contributed by atoms with van der Waals surface area (Å²) in [6.45, 7) is 0.366. The van der Waals surface area contributed by atoms with Gasteiger partial charge in [-0.25, -0.2) is 0 Å². The highest BCUT2D eigenvalue weighted by Gasteiger charge is 2.45. The highest BCUT2D eigenvalue weighted by Crippen LogP contribution is 2.45. The predicted octanol–water partition coefficient (Wildman–Crippen LogP) is 2.44. The number of carbonyl (C=O) groups excluding carboxylic acids is 1. The van der Waals surface area contributed by atoms with E-state index in [1.54, 1.807) is 18.2 Å². The minimum absolute atomic E-state index is 0.176. The normalized spacial score (nSPS) is 18.0. The molecule has 1 amide bonds. The lowest BCUT2D eigenvalue weighted by Gasteiger charge is -2.29. The van der Waals surface area contributed by atoms with Crippen LogP contribution in [0.3, 0.4) is 0 Å². The molecule has 2 aliphatic rings. The number of ether oxygens (including phenoxy) is 2. The Balaban J connectivity index is 1.49. The lowest BCUT2D eigenvalue weighted by atomic mass is 9.88. The van der Waals surface area contributed by atoms with Gasteiger partial charge < -0.3 is 19.9 Å². The summed E-state index contributed by atoms with van der Waals surface area (Å²) in [6, 6.07) is 14.6. The van der Waals surface area contributed by atoms with Gasteiger partial charge in [-0.3, -0.25) is 4.79 Å². The van der Waals surface area contributed by atoms with Crippen LogP contribution < -0.4 is 14.8 Å². The molecule has 0 spiro atoms. The Bertz CT molecular complexity index is 757. The highest BCUT2D eigenvalue weighted by molar-refractivity contribution is 5.95. The van der Waals surface area contributed by atoms with Crippen molar-refractivity contribution in [3.63, 3.8) is 0 Å². The van der Waals surface area contributed by atoms with Crippen molar-refractivity contribution >= 4 is 5.91 Å². The number of carbonyl (C=O) groups is 1. The maximum absolute atomic E-state index is 12.4. The molecular weight excluding hydrogens is 306 g/mol. The number of fused-ring (bicyclic) bond motifs is 1. The number of amides is 1. The van der Waals surface area contributed by atoms with E-state index in [9.17, 15) is 9.90 Å². The number of aliphatic hydroxyl groups is 1. The molecule has 5 heteroatoms. The number of rotatable bonds is 5. The molecule has 1 atom stereocenters. The molecule has 5 nitrogen and oxygen atoms in total. The minimum Gasteiger partial charge on any atom is -0.454 e. The zero-order valence-corrected chi connectivity index (χ0v) is 13.2. The quantitative estimate of drug-likeness (QED) is 0.886. The average molecular weight is 325 g/mol. The summed E-state index contributed by atoms with van der Waals surface area (Å²) in [6.07, 6.45) is 1.95. The summed E-state index contributed by atoms with van der Waals surface area (Å²) >= 11 is 0. The molecule has 2 aromatic rings. The first-order valence-corrected chi connectivity index (χ1v) is 8.12. The molecule has 0 radical (unpaired) electrons. The van der Waals surface area contributed by atoms with Crippen LogP contribution in [0.4, 0.5) is 0 Å². The van der Waals surface area contributed by atoms with Gasteiger partial charge in [0, 0.05) is 5.56 Å². The molecule has 0 bridgehead atoms. The maximum atomic E-state index is 12.4. The Morgan fingerprint density at radius 3 is 2.62 bits per heavy atom. The second kappa shape index (κ2) is 5.83. The van der Waals surface area contributed by atoms with Crippen molar-refractivity contribution in [2.45, 2.75) is 18.4 Å². The Morgan fingerprint density at radius 1 is 1.12 bits per heavy atom. The van der Waals surface area contributed by atoms with Crippen LogP contribution in [0.5, 0.6) is 11.5 Å². The summed E-state index contributed by atoms with van der Waals surface area (Å²) < 4.78 is 10.6. The van der Waals surface area contributed by atoms with Gasteiger partial charge in [0.2, 0.25) is 6.79 Å². The summed E-state index contributed by atoms with van der Waals surface area (Å²) in [4.78, 5) is 12.4. The number of benzene rings is 2. The number of hydrogen-bond acceptors (Lipinski definition) is 4. The molecular formula is C19H19NO4. The number of nitrogens with one attached hydrogen (secondary N) is 1. The molecule has 1 aliphatic heterocycles. The summed E-state index contributed by atoms with van der Waals surface area (Å²) in [7, 11) is 0. The lowest BCUT2D eigenvalue weighted by Crippen LogP contribution is -2.42. The van der Waals surface area contributed by atoms with Gasteiger partial charge in [0.1, 0.15) is 5.60 Å². The molecule has 4 rings (SSSR count). The molecule has 1 aliphatic carbocycles. The van der Waals surface area contributed by atoms with Gasteiger partial charge in [-0.15, -0.1) is 0 Å². The smallest absolute Gasteiger partial charge is 0.251 e. The Kier molecular flexibility index (Phi) is 3.65. The Hall–Kier alpha value is -2.53. The van der Waals surface area contributed by atoms with E-state index in [2.05, 4.69) is 5.32 Å². The van der Waals surface area contributed by atoms with Crippen LogP contribution in [0.15, 0.2) is 48.5 Å². The van der Waals surface area contributed by atoms with E-state index in [4.69, 9.17) is 9.47 Å². The molecule has 124 valence electrons. The zero-order valence-electron chi connectivity index (χ0n) is 13.2. The molecule has 1 saturated carbocycles. The third kappa shape index (κ3) is 2.71. The van der Waals surface area contributed by atoms with E-state index >= 15 is 0 Å². The van der Waals surface area contributed by atoms with Crippen molar-refractivity contribution in [3.05, 3.63) is 59.7 Å². The first kappa shape index (κ1) is 15.0. The van der Waals surface area contributed by atoms with Crippen LogP contribution in [-0.2, 0) is 5.60 Å². The summed E-state index contributed by atoms with van der Waals surface area (Å²) in [5.41, 5.74) is 0.316. The number of hydrogen-bond donors (Lipinski definition) is 2. The van der Waals surface area contributed by atoms with E-state index in [-0.39, 0.29) is 25.2 Å². The average Bonchev–Trinajstić information content (AvgIpc) is 3.38. The van der Waals surface area contributed by atoms with E-state index < -0.39 is 5.60 Å². The second-order valence-electron chi connectivity index (χ2n) is 6.32. The molecule has 1 fully saturated rings. The second-order valence-corrected chi connectivity index (χ2v) is 6.32. The molecule has 0 saturated heterocycles. The maximum Gasteiger partial charge on any atom is 0.251 e. The third-order valence-corrected chi connectivity index (χ3v) is 4.68. The largest absolute Gasteiger partial charge is 0.454 e. The molecule has 2 N–H and O–H groups in total. The van der Waals surface area contributed by atoms with Crippen molar-refractivity contribution in [1.29, 1.82) is 0 Å². The van der Waals surface area contributed by atoms with Crippen molar-refractivity contribution < 1.29 is 19.4 Å². The van der Waals surface area contributed by atoms with Gasteiger partial charge in [0.15, 0.2) is 11.5 Å². The highest BCUT2D eigenvalue weighted by atomic mass is 16.7. The monoisotopic (exact) mass is 325 g/mol. The lowest BCUT2D eigenvalue weighted by molar-refractivity contribution is 0.0135. The van der Waals surface area contributed by atoms with Crippen LogP contribution in [-0.4, -0.2) is 24.4 Å². The van der Waals surface area contributed by atoms with Crippen LogP contribution in [0.2, 0.25) is 0 Å². The van der Waals surface area contributed by atoms with E-state index in [1.165, 1.54) is 0 Å². The van der Waals surface area contributed by atoms with Crippen molar-refractivity contribution in [2.75, 3.05) is 13.3 Å². The predicted molar refractivity (Wildman–Crippen MR) is 88.0 cm³/mol. The van der Waals surface area contributed by atoms with Gasteiger partial charge in [0.25, 0.3) is 5.91 Å². The van der Waals surface area contributed by atoms with Gasteiger partial charge in [-0.1, -0.05) is 30.3 Å². The summed E-state index contributed by atoms with van der Waals surface area (Å²) in [5.74, 6) is 1.17. The Morgan fingerprint density at radius 2 is 1.88 bits per heavy atom. The minimum atomic E-state index is -1.02. The van der Waals surface area contributed by atoms with Crippen LogP contribution in [0, 0.1) is 5.92 Å². The van der Waals surface area contributed by atoms with Gasteiger partial charge >= 0.3 is 0 Å². The SMILES string of the molecule is O=C(NCC(O)(c1ccccc1)C1CC1)c1ccc2c(c1)OCO2. The van der Waals surface area contributed by atoms with Gasteiger partial charge in [-0.05, 0) is 42.5 Å². The van der Waals surface area contributed by atoms with Crippen molar-refractivity contribution in [3.8, 4) is 11.5 Å². The van der Waals surface area contributed by atoms with E-state index in [1.807, 2.05) is 30.3 Å². The molecule has 1 heterocycles. The topological polar surface area (TPSA) is 67.8 Å². The fraction of sp³-hybridized carbons (Fsp3) is 0.316. The first-order chi connectivity index (χ1) is 11.7. The fourth-order valence-electron chi connectivity index (χ4n) is 3.12. The fourth-order valence-corrected chi connectivity index (χ4v) is 3.12. The summed E-state index contributed by atoms with van der Waals surface area (Å²) in [5, 5.41) is 14.0. The molecule has 0 aromatic heterocycles. The van der Waals surface area contributed by atoms with E-state index in [0.29, 0.717) is 17.1 Å². The standard InChI is InChI=1S/C19H19NO4/c21-18(13-6-9-16-17(10-13)24-12-23-16)20-11-19(22,15-7-8-15)14-4-2-1-3-5-14/h1-6,9-10,15,22H,7-8,11-12H2,(H,20,21). The first-order valence-electron chi connectivity index (χ1n) is 8.12. The van der Waals surface area contributed by atoms with Crippen LogP contribution in [0.1, 0.15) is 28.8 Å². The molecule has 1 unspecified atom stereocenters. The van der Waals surface area contributed by atoms with Gasteiger partial charge in [0.05, 0.1) is 6.54 Å². The third-order valence-electron chi connectivity index (χ3n) is 4.68. The Labute approximate surface area is 140 Å². The molecule has 24 heavy (non-hydrogen) atoms. The zero-order chi connectivity index (χ0) is 16.6. The van der Waals surface area contributed by atoms with Crippen molar-refractivity contribution in [1.82, 2.24) is 5.32 Å². The van der Waals surface area contributed by atoms with Crippen LogP contribution in [0.25, 0.3) is 0 Å². The van der Waals surface area contributed by atoms with Crippen molar-refractivity contribution in [2.24, 2.45) is 5.92 Å².